The molecule has 1 heterocycles. The van der Waals surface area contributed by atoms with Gasteiger partial charge in [-0.05, 0) is 54.2 Å². The third-order valence-electron chi connectivity index (χ3n) is 3.69. The van der Waals surface area contributed by atoms with E-state index in [0.717, 1.165) is 26.5 Å². The molecule has 0 radical (unpaired) electrons. The fraction of sp³-hybridized carbons (Fsp3) is 0.471. The molecule has 2 aromatic rings. The lowest BCUT2D eigenvalue weighted by Crippen LogP contribution is -2.14. The number of ether oxygens (including phenoxy) is 2. The van der Waals surface area contributed by atoms with Crippen LogP contribution in [0.25, 0.3) is 10.9 Å². The van der Waals surface area contributed by atoms with Crippen LogP contribution in [0.4, 0.5) is 0 Å². The Balaban J connectivity index is 2.43. The quantitative estimate of drug-likeness (QED) is 0.564. The van der Waals surface area contributed by atoms with Gasteiger partial charge in [0.05, 0.1) is 12.1 Å². The number of H-pyrrole nitrogens is 1. The van der Waals surface area contributed by atoms with Crippen LogP contribution in [-0.4, -0.2) is 35.6 Å². The molecule has 1 aromatic carbocycles. The van der Waals surface area contributed by atoms with Crippen LogP contribution in [0.2, 0.25) is 0 Å². The number of aryl methyl sites for hydroxylation is 2. The second-order valence-electron chi connectivity index (χ2n) is 5.27. The summed E-state index contributed by atoms with van der Waals surface area (Å²) < 4.78 is 11.2. The molecule has 1 unspecified atom stereocenters. The van der Waals surface area contributed by atoms with E-state index in [9.17, 15) is 9.90 Å². The first-order valence-electron chi connectivity index (χ1n) is 7.76. The molecule has 6 heteroatoms. The molecule has 1 atom stereocenters. The van der Waals surface area contributed by atoms with Crippen LogP contribution in [0.1, 0.15) is 41.9 Å². The average Bonchev–Trinajstić information content (AvgIpc) is 2.89. The van der Waals surface area contributed by atoms with Crippen LogP contribution in [0, 0.1) is 6.92 Å². The van der Waals surface area contributed by atoms with Crippen molar-refractivity contribution in [3.8, 4) is 0 Å². The van der Waals surface area contributed by atoms with E-state index in [1.165, 1.54) is 0 Å². The molecule has 0 bridgehead atoms. The van der Waals surface area contributed by atoms with Crippen molar-refractivity contribution in [1.29, 1.82) is 0 Å². The Morgan fingerprint density at radius 2 is 2.09 bits per heavy atom. The lowest BCUT2D eigenvalue weighted by atomic mass is 10.0. The summed E-state index contributed by atoms with van der Waals surface area (Å²) in [5.74, 6) is -0.380. The molecule has 126 valence electrons. The summed E-state index contributed by atoms with van der Waals surface area (Å²) in [5, 5.41) is 10.7. The van der Waals surface area contributed by atoms with E-state index in [1.54, 1.807) is 6.92 Å². The van der Waals surface area contributed by atoms with Crippen LogP contribution in [0.3, 0.4) is 0 Å². The Labute approximate surface area is 144 Å². The van der Waals surface area contributed by atoms with Crippen molar-refractivity contribution in [1.82, 2.24) is 4.98 Å². The normalized spacial score (nSPS) is 12.6. The molecule has 0 saturated heterocycles. The highest BCUT2D eigenvalue weighted by molar-refractivity contribution is 9.10. The first kappa shape index (κ1) is 18.0. The Bertz CT molecular complexity index is 695. The molecule has 0 saturated carbocycles. The second-order valence-corrected chi connectivity index (χ2v) is 6.06. The first-order chi connectivity index (χ1) is 11.0. The molecule has 0 aliphatic rings. The van der Waals surface area contributed by atoms with Gasteiger partial charge in [0.1, 0.15) is 5.69 Å². The first-order valence-corrected chi connectivity index (χ1v) is 8.55. The van der Waals surface area contributed by atoms with Crippen molar-refractivity contribution >= 4 is 32.8 Å². The summed E-state index contributed by atoms with van der Waals surface area (Å²) in [5.41, 5.74) is 3.23. The zero-order chi connectivity index (χ0) is 17.0. The van der Waals surface area contributed by atoms with Gasteiger partial charge in [0.2, 0.25) is 0 Å². The zero-order valence-electron chi connectivity index (χ0n) is 13.6. The molecule has 0 aliphatic heterocycles. The van der Waals surface area contributed by atoms with Gasteiger partial charge in [-0.2, -0.15) is 0 Å². The molecular formula is C17H22BrNO4. The van der Waals surface area contributed by atoms with Crippen LogP contribution in [0.15, 0.2) is 16.6 Å². The van der Waals surface area contributed by atoms with Gasteiger partial charge in [-0.25, -0.2) is 4.79 Å². The van der Waals surface area contributed by atoms with E-state index in [0.29, 0.717) is 31.7 Å². The van der Waals surface area contributed by atoms with Crippen molar-refractivity contribution in [2.75, 3.05) is 13.2 Å². The monoisotopic (exact) mass is 383 g/mol. The molecule has 5 nitrogen and oxygen atoms in total. The number of esters is 1. The van der Waals surface area contributed by atoms with Crippen LogP contribution in [0.5, 0.6) is 0 Å². The molecular weight excluding hydrogens is 362 g/mol. The number of benzene rings is 1. The third-order valence-corrected chi connectivity index (χ3v) is 4.71. The van der Waals surface area contributed by atoms with Crippen LogP contribution in [-0.2, 0) is 15.9 Å². The topological polar surface area (TPSA) is 71.6 Å². The fourth-order valence-electron chi connectivity index (χ4n) is 2.57. The smallest absolute Gasteiger partial charge is 0.355 e. The standard InChI is InChI=1S/C17H22BrNO4/c1-4-22-13(20)9-8-12-11-7-6-10(3)14(18)15(11)19-16(12)17(21)23-5-2/h6-7,13,19-20H,4-5,8-9H2,1-3H3. The third kappa shape index (κ3) is 3.94. The Morgan fingerprint density at radius 1 is 1.35 bits per heavy atom. The van der Waals surface area contributed by atoms with E-state index in [-0.39, 0.29) is 5.97 Å². The largest absolute Gasteiger partial charge is 0.461 e. The molecule has 0 aliphatic carbocycles. The number of fused-ring (bicyclic) bond motifs is 1. The highest BCUT2D eigenvalue weighted by Crippen LogP contribution is 2.32. The predicted molar refractivity (Wildman–Crippen MR) is 92.6 cm³/mol. The number of nitrogens with one attached hydrogen (secondary N) is 1. The highest BCUT2D eigenvalue weighted by Gasteiger charge is 2.21. The molecule has 1 aromatic heterocycles. The number of aliphatic hydroxyl groups excluding tert-OH is 1. The van der Waals surface area contributed by atoms with Gasteiger partial charge in [0, 0.05) is 22.9 Å². The van der Waals surface area contributed by atoms with Crippen LogP contribution < -0.4 is 0 Å². The average molecular weight is 384 g/mol. The van der Waals surface area contributed by atoms with E-state index in [2.05, 4.69) is 20.9 Å². The SMILES string of the molecule is CCOC(=O)c1[nH]c2c(Br)c(C)ccc2c1CCC(O)OCC. The van der Waals surface area contributed by atoms with Gasteiger partial charge in [-0.3, -0.25) is 0 Å². The number of carbonyl (C=O) groups is 1. The van der Waals surface area contributed by atoms with Crippen molar-refractivity contribution in [3.05, 3.63) is 33.4 Å². The number of halogens is 1. The van der Waals surface area contributed by atoms with E-state index in [1.807, 2.05) is 26.0 Å². The number of carbonyl (C=O) groups excluding carboxylic acids is 1. The minimum atomic E-state index is -0.839. The maximum absolute atomic E-state index is 12.2. The van der Waals surface area contributed by atoms with Gasteiger partial charge < -0.3 is 19.6 Å². The predicted octanol–water partition coefficient (Wildman–Crippen LogP) is 3.70. The summed E-state index contributed by atoms with van der Waals surface area (Å²) in [6.45, 7) is 6.37. The van der Waals surface area contributed by atoms with Gasteiger partial charge in [-0.1, -0.05) is 12.1 Å². The molecule has 23 heavy (non-hydrogen) atoms. The summed E-state index contributed by atoms with van der Waals surface area (Å²) in [6, 6.07) is 3.98. The van der Waals surface area contributed by atoms with Crippen molar-refractivity contribution in [2.45, 2.75) is 39.9 Å². The number of aliphatic hydroxyl groups is 1. The zero-order valence-corrected chi connectivity index (χ0v) is 15.2. The van der Waals surface area contributed by atoms with Crippen LogP contribution >= 0.6 is 15.9 Å². The number of aromatic amines is 1. The van der Waals surface area contributed by atoms with Gasteiger partial charge >= 0.3 is 5.97 Å². The molecule has 0 spiro atoms. The Morgan fingerprint density at radius 3 is 2.74 bits per heavy atom. The van der Waals surface area contributed by atoms with E-state index < -0.39 is 6.29 Å². The number of hydrogen-bond acceptors (Lipinski definition) is 4. The second kappa shape index (κ2) is 7.95. The maximum atomic E-state index is 12.2. The van der Waals surface area contributed by atoms with Gasteiger partial charge in [0.15, 0.2) is 6.29 Å². The Hall–Kier alpha value is -1.37. The van der Waals surface area contributed by atoms with Gasteiger partial charge in [-0.15, -0.1) is 0 Å². The number of rotatable bonds is 7. The van der Waals surface area contributed by atoms with Gasteiger partial charge in [0.25, 0.3) is 0 Å². The maximum Gasteiger partial charge on any atom is 0.355 e. The summed E-state index contributed by atoms with van der Waals surface area (Å²) in [4.78, 5) is 15.4. The lowest BCUT2D eigenvalue weighted by molar-refractivity contribution is -0.0979. The van der Waals surface area contributed by atoms with E-state index >= 15 is 0 Å². The summed E-state index contributed by atoms with van der Waals surface area (Å²) in [6.07, 6.45) is 0.0950. The summed E-state index contributed by atoms with van der Waals surface area (Å²) in [7, 11) is 0. The number of hydrogen-bond donors (Lipinski definition) is 2. The molecule has 2 N–H and O–H groups in total. The van der Waals surface area contributed by atoms with Crippen molar-refractivity contribution < 1.29 is 19.4 Å². The molecule has 0 fully saturated rings. The highest BCUT2D eigenvalue weighted by atomic mass is 79.9. The fourth-order valence-corrected chi connectivity index (χ4v) is 3.01. The Kier molecular flexibility index (Phi) is 6.21. The lowest BCUT2D eigenvalue weighted by Gasteiger charge is -2.11. The minimum Gasteiger partial charge on any atom is -0.461 e. The van der Waals surface area contributed by atoms with Crippen molar-refractivity contribution in [2.24, 2.45) is 0 Å². The molecule has 2 rings (SSSR count). The minimum absolute atomic E-state index is 0.315. The molecule has 0 amide bonds. The van der Waals surface area contributed by atoms with Crippen molar-refractivity contribution in [3.63, 3.8) is 0 Å². The summed E-state index contributed by atoms with van der Waals surface area (Å²) >= 11 is 3.56. The number of aromatic nitrogens is 1. The van der Waals surface area contributed by atoms with E-state index in [4.69, 9.17) is 9.47 Å².